The summed E-state index contributed by atoms with van der Waals surface area (Å²) in [7, 11) is 1.99. The Morgan fingerprint density at radius 3 is 2.71 bits per heavy atom. The largest absolute Gasteiger partial charge is 0.312 e. The number of rotatable bonds is 4. The molecule has 2 aromatic rings. The molecule has 0 aliphatic carbocycles. The zero-order valence-electron chi connectivity index (χ0n) is 9.90. The zero-order valence-corrected chi connectivity index (χ0v) is 12.3. The Labute approximate surface area is 114 Å². The topological polar surface area (TPSA) is 24.9 Å². The molecular weight excluding hydrogens is 296 g/mol. The predicted octanol–water partition coefficient (Wildman–Crippen LogP) is 3.72. The number of likely N-dealkylation sites (N-methyl/N-ethyl adjacent to an activating group) is 1. The molecule has 2 nitrogen and oxygen atoms in total. The van der Waals surface area contributed by atoms with Crippen LogP contribution >= 0.6 is 27.3 Å². The standard InChI is InChI=1S/C13H15BrN2S/c1-9-3-4-10(16-8-9)7-11(15-2)12-5-6-13(14)17-12/h3-6,8,11,15H,7H2,1-2H3. The van der Waals surface area contributed by atoms with E-state index in [9.17, 15) is 0 Å². The van der Waals surface area contributed by atoms with E-state index in [1.165, 1.54) is 14.2 Å². The van der Waals surface area contributed by atoms with Gasteiger partial charge in [0, 0.05) is 29.2 Å². The van der Waals surface area contributed by atoms with E-state index in [-0.39, 0.29) is 0 Å². The molecule has 1 unspecified atom stereocenters. The quantitative estimate of drug-likeness (QED) is 0.931. The van der Waals surface area contributed by atoms with Crippen LogP contribution in [-0.4, -0.2) is 12.0 Å². The number of halogens is 1. The van der Waals surface area contributed by atoms with E-state index in [0.29, 0.717) is 6.04 Å². The van der Waals surface area contributed by atoms with E-state index in [1.807, 2.05) is 13.2 Å². The summed E-state index contributed by atoms with van der Waals surface area (Å²) in [6.07, 6.45) is 2.84. The zero-order chi connectivity index (χ0) is 12.3. The maximum Gasteiger partial charge on any atom is 0.0701 e. The second kappa shape index (κ2) is 5.76. The molecule has 0 saturated heterocycles. The van der Waals surface area contributed by atoms with Gasteiger partial charge in [-0.3, -0.25) is 4.98 Å². The third kappa shape index (κ3) is 3.37. The Morgan fingerprint density at radius 2 is 2.18 bits per heavy atom. The smallest absolute Gasteiger partial charge is 0.0701 e. The SMILES string of the molecule is CNC(Cc1ccc(C)cn1)c1ccc(Br)s1. The number of aryl methyl sites for hydroxylation is 1. The summed E-state index contributed by atoms with van der Waals surface area (Å²) in [6.45, 7) is 2.06. The Kier molecular flexibility index (Phi) is 4.31. The van der Waals surface area contributed by atoms with Gasteiger partial charge in [-0.2, -0.15) is 0 Å². The Balaban J connectivity index is 2.12. The highest BCUT2D eigenvalue weighted by molar-refractivity contribution is 9.11. The fourth-order valence-electron chi connectivity index (χ4n) is 1.69. The highest BCUT2D eigenvalue weighted by Crippen LogP contribution is 2.28. The third-order valence-electron chi connectivity index (χ3n) is 2.67. The van der Waals surface area contributed by atoms with Gasteiger partial charge in [-0.05, 0) is 53.7 Å². The van der Waals surface area contributed by atoms with E-state index in [1.54, 1.807) is 11.3 Å². The van der Waals surface area contributed by atoms with Crippen molar-refractivity contribution in [3.63, 3.8) is 0 Å². The van der Waals surface area contributed by atoms with Crippen molar-refractivity contribution >= 4 is 27.3 Å². The monoisotopic (exact) mass is 310 g/mol. The van der Waals surface area contributed by atoms with Gasteiger partial charge >= 0.3 is 0 Å². The maximum atomic E-state index is 4.45. The van der Waals surface area contributed by atoms with Gasteiger partial charge in [0.25, 0.3) is 0 Å². The van der Waals surface area contributed by atoms with Gasteiger partial charge in [-0.15, -0.1) is 11.3 Å². The van der Waals surface area contributed by atoms with Gasteiger partial charge in [0.15, 0.2) is 0 Å². The highest BCUT2D eigenvalue weighted by Gasteiger charge is 2.12. The summed E-state index contributed by atoms with van der Waals surface area (Å²) < 4.78 is 1.17. The molecule has 2 aromatic heterocycles. The fraction of sp³-hybridized carbons (Fsp3) is 0.308. The molecule has 0 saturated carbocycles. The number of hydrogen-bond acceptors (Lipinski definition) is 3. The molecule has 4 heteroatoms. The molecule has 0 amide bonds. The van der Waals surface area contributed by atoms with Crippen LogP contribution in [0.1, 0.15) is 22.2 Å². The van der Waals surface area contributed by atoms with Crippen LogP contribution in [0.4, 0.5) is 0 Å². The van der Waals surface area contributed by atoms with Crippen molar-refractivity contribution in [2.24, 2.45) is 0 Å². The molecule has 0 radical (unpaired) electrons. The molecule has 0 aliphatic rings. The van der Waals surface area contributed by atoms with Crippen molar-refractivity contribution in [2.45, 2.75) is 19.4 Å². The van der Waals surface area contributed by atoms with Crippen LogP contribution < -0.4 is 5.32 Å². The van der Waals surface area contributed by atoms with Crippen molar-refractivity contribution in [3.8, 4) is 0 Å². The Morgan fingerprint density at radius 1 is 1.35 bits per heavy atom. The summed E-state index contributed by atoms with van der Waals surface area (Å²) >= 11 is 5.27. The average Bonchev–Trinajstić information content (AvgIpc) is 2.75. The molecule has 2 heterocycles. The van der Waals surface area contributed by atoms with Gasteiger partial charge in [0.2, 0.25) is 0 Å². The molecule has 0 spiro atoms. The van der Waals surface area contributed by atoms with Crippen LogP contribution in [0, 0.1) is 6.92 Å². The highest BCUT2D eigenvalue weighted by atomic mass is 79.9. The molecule has 0 bridgehead atoms. The number of hydrogen-bond donors (Lipinski definition) is 1. The molecule has 0 aromatic carbocycles. The van der Waals surface area contributed by atoms with Crippen molar-refractivity contribution in [1.29, 1.82) is 0 Å². The Hall–Kier alpha value is -0.710. The Bertz CT molecular complexity index is 478. The van der Waals surface area contributed by atoms with Gasteiger partial charge < -0.3 is 5.32 Å². The number of pyridine rings is 1. The normalized spacial score (nSPS) is 12.6. The predicted molar refractivity (Wildman–Crippen MR) is 76.5 cm³/mol. The van der Waals surface area contributed by atoms with Crippen LogP contribution in [0.15, 0.2) is 34.2 Å². The van der Waals surface area contributed by atoms with Crippen LogP contribution in [0.3, 0.4) is 0 Å². The number of aromatic nitrogens is 1. The molecule has 1 atom stereocenters. The number of nitrogens with one attached hydrogen (secondary N) is 1. The van der Waals surface area contributed by atoms with Gasteiger partial charge in [-0.1, -0.05) is 6.07 Å². The molecule has 1 N–H and O–H groups in total. The lowest BCUT2D eigenvalue weighted by molar-refractivity contribution is 0.594. The minimum atomic E-state index is 0.335. The average molecular weight is 311 g/mol. The summed E-state index contributed by atoms with van der Waals surface area (Å²) in [5.74, 6) is 0. The lowest BCUT2D eigenvalue weighted by atomic mass is 10.1. The van der Waals surface area contributed by atoms with E-state index in [0.717, 1.165) is 12.1 Å². The number of thiophene rings is 1. The first kappa shape index (κ1) is 12.7. The first-order valence-electron chi connectivity index (χ1n) is 5.53. The fourth-order valence-corrected chi connectivity index (χ4v) is 3.22. The molecule has 0 fully saturated rings. The van der Waals surface area contributed by atoms with Gasteiger partial charge in [0.05, 0.1) is 3.79 Å². The van der Waals surface area contributed by atoms with Crippen molar-refractivity contribution in [1.82, 2.24) is 10.3 Å². The molecule has 0 aliphatic heterocycles. The first-order valence-corrected chi connectivity index (χ1v) is 7.14. The van der Waals surface area contributed by atoms with Gasteiger partial charge in [0.1, 0.15) is 0 Å². The first-order chi connectivity index (χ1) is 8.19. The minimum Gasteiger partial charge on any atom is -0.312 e. The van der Waals surface area contributed by atoms with Crippen LogP contribution in [0.25, 0.3) is 0 Å². The summed E-state index contributed by atoms with van der Waals surface area (Å²) in [5.41, 5.74) is 2.33. The molecule has 2 rings (SSSR count). The second-order valence-corrected chi connectivity index (χ2v) is 6.51. The lowest BCUT2D eigenvalue weighted by Gasteiger charge is -2.13. The minimum absolute atomic E-state index is 0.335. The van der Waals surface area contributed by atoms with Crippen LogP contribution in [0.5, 0.6) is 0 Å². The summed E-state index contributed by atoms with van der Waals surface area (Å²) in [5, 5.41) is 3.34. The molecule has 90 valence electrons. The van der Waals surface area contributed by atoms with Crippen LogP contribution in [0.2, 0.25) is 0 Å². The molecular formula is C13H15BrN2S. The molecule has 17 heavy (non-hydrogen) atoms. The maximum absolute atomic E-state index is 4.45. The van der Waals surface area contributed by atoms with Crippen molar-refractivity contribution in [3.05, 3.63) is 50.4 Å². The van der Waals surface area contributed by atoms with E-state index < -0.39 is 0 Å². The van der Waals surface area contributed by atoms with Crippen molar-refractivity contribution in [2.75, 3.05) is 7.05 Å². The second-order valence-electron chi connectivity index (χ2n) is 4.01. The summed E-state index contributed by atoms with van der Waals surface area (Å²) in [4.78, 5) is 5.79. The van der Waals surface area contributed by atoms with E-state index >= 15 is 0 Å². The van der Waals surface area contributed by atoms with E-state index in [4.69, 9.17) is 0 Å². The third-order valence-corrected chi connectivity index (χ3v) is 4.41. The van der Waals surface area contributed by atoms with Crippen LogP contribution in [-0.2, 0) is 6.42 Å². The lowest BCUT2D eigenvalue weighted by Crippen LogP contribution is -2.18. The number of nitrogens with zero attached hydrogens (tertiary/aromatic N) is 1. The summed E-state index contributed by atoms with van der Waals surface area (Å²) in [6, 6.07) is 8.79. The van der Waals surface area contributed by atoms with E-state index in [2.05, 4.69) is 57.4 Å². The van der Waals surface area contributed by atoms with Gasteiger partial charge in [-0.25, -0.2) is 0 Å². The van der Waals surface area contributed by atoms with Crippen molar-refractivity contribution < 1.29 is 0 Å².